The summed E-state index contributed by atoms with van der Waals surface area (Å²) < 4.78 is 5.74. The summed E-state index contributed by atoms with van der Waals surface area (Å²) in [5.74, 6) is 1.36. The Morgan fingerprint density at radius 3 is 2.57 bits per heavy atom. The van der Waals surface area contributed by atoms with Crippen LogP contribution in [0.4, 0.5) is 4.79 Å². The Balaban J connectivity index is 1.59. The second-order valence-corrected chi connectivity index (χ2v) is 8.53. The smallest absolute Gasteiger partial charge is 0.318 e. The molecule has 1 aliphatic rings. The van der Waals surface area contributed by atoms with Crippen molar-refractivity contribution in [1.29, 1.82) is 0 Å². The van der Waals surface area contributed by atoms with Gasteiger partial charge in [-0.2, -0.15) is 0 Å². The first-order valence-electron chi connectivity index (χ1n) is 10.8. The maximum atomic E-state index is 13.1. The van der Waals surface area contributed by atoms with Gasteiger partial charge < -0.3 is 19.9 Å². The van der Waals surface area contributed by atoms with Crippen molar-refractivity contribution < 1.29 is 9.53 Å². The number of rotatable bonds is 8. The highest BCUT2D eigenvalue weighted by atomic mass is 16.5. The van der Waals surface area contributed by atoms with Crippen molar-refractivity contribution >= 4 is 6.03 Å². The number of likely N-dealkylation sites (tertiary alicyclic amines) is 1. The maximum Gasteiger partial charge on any atom is 0.318 e. The molecule has 1 saturated heterocycles. The zero-order chi connectivity index (χ0) is 21.3. The predicted molar refractivity (Wildman–Crippen MR) is 119 cm³/mol. The standard InChI is InChI=1S/C24H34N4O2/c1-19(2)18-30-23-8-6-20(7-9-23)16-26-24(29)28(17-21-5-4-12-25-15-21)22-10-13-27(3)14-11-22/h4-9,12,15,19,22H,10-11,13-14,16-18H2,1-3H3,(H,26,29). The molecule has 0 bridgehead atoms. The molecule has 0 saturated carbocycles. The Bertz CT molecular complexity index is 772. The van der Waals surface area contributed by atoms with E-state index >= 15 is 0 Å². The average molecular weight is 411 g/mol. The fourth-order valence-corrected chi connectivity index (χ4v) is 3.61. The molecule has 2 heterocycles. The molecule has 162 valence electrons. The first-order valence-corrected chi connectivity index (χ1v) is 10.8. The molecule has 6 heteroatoms. The van der Waals surface area contributed by atoms with Crippen molar-refractivity contribution in [2.75, 3.05) is 26.7 Å². The Hall–Kier alpha value is -2.60. The SMILES string of the molecule is CC(C)COc1ccc(CNC(=O)N(Cc2cccnc2)C2CCN(C)CC2)cc1. The minimum Gasteiger partial charge on any atom is -0.493 e. The summed E-state index contributed by atoms with van der Waals surface area (Å²) in [6.07, 6.45) is 5.58. The number of pyridine rings is 1. The lowest BCUT2D eigenvalue weighted by Gasteiger charge is -2.37. The van der Waals surface area contributed by atoms with E-state index in [1.807, 2.05) is 47.5 Å². The van der Waals surface area contributed by atoms with E-state index in [-0.39, 0.29) is 12.1 Å². The molecule has 3 rings (SSSR count). The van der Waals surface area contributed by atoms with Gasteiger partial charge >= 0.3 is 6.03 Å². The fourth-order valence-electron chi connectivity index (χ4n) is 3.61. The van der Waals surface area contributed by atoms with Crippen molar-refractivity contribution in [3.8, 4) is 5.75 Å². The van der Waals surface area contributed by atoms with Gasteiger partial charge in [0, 0.05) is 31.5 Å². The molecular weight excluding hydrogens is 376 g/mol. The number of urea groups is 1. The molecule has 1 aromatic heterocycles. The van der Waals surface area contributed by atoms with E-state index in [1.54, 1.807) is 6.20 Å². The third kappa shape index (κ3) is 6.73. The normalized spacial score (nSPS) is 15.2. The number of carbonyl (C=O) groups is 1. The molecule has 0 spiro atoms. The van der Waals surface area contributed by atoms with Crippen LogP contribution in [0, 0.1) is 5.92 Å². The zero-order valence-electron chi connectivity index (χ0n) is 18.4. The second-order valence-electron chi connectivity index (χ2n) is 8.53. The van der Waals surface area contributed by atoms with Gasteiger partial charge in [-0.3, -0.25) is 4.98 Å². The lowest BCUT2D eigenvalue weighted by molar-refractivity contribution is 0.127. The Labute approximate surface area is 180 Å². The molecule has 6 nitrogen and oxygen atoms in total. The van der Waals surface area contributed by atoms with E-state index in [9.17, 15) is 4.79 Å². The van der Waals surface area contributed by atoms with E-state index in [0.29, 0.717) is 25.6 Å². The van der Waals surface area contributed by atoms with Crippen LogP contribution in [0.25, 0.3) is 0 Å². The number of piperidine rings is 1. The summed E-state index contributed by atoms with van der Waals surface area (Å²) in [6.45, 7) is 8.07. The highest BCUT2D eigenvalue weighted by Gasteiger charge is 2.27. The van der Waals surface area contributed by atoms with Crippen LogP contribution in [0.3, 0.4) is 0 Å². The van der Waals surface area contributed by atoms with E-state index in [0.717, 1.165) is 42.8 Å². The number of benzene rings is 1. The molecule has 0 radical (unpaired) electrons. The van der Waals surface area contributed by atoms with Gasteiger partial charge in [-0.1, -0.05) is 32.0 Å². The maximum absolute atomic E-state index is 13.1. The van der Waals surface area contributed by atoms with Crippen molar-refractivity contribution in [2.45, 2.75) is 45.8 Å². The van der Waals surface area contributed by atoms with Crippen LogP contribution in [-0.2, 0) is 13.1 Å². The summed E-state index contributed by atoms with van der Waals surface area (Å²) in [5, 5.41) is 3.11. The number of amides is 2. The molecule has 1 N–H and O–H groups in total. The first-order chi connectivity index (χ1) is 14.5. The molecular formula is C24H34N4O2. The van der Waals surface area contributed by atoms with Crippen LogP contribution in [0.15, 0.2) is 48.8 Å². The zero-order valence-corrected chi connectivity index (χ0v) is 18.4. The average Bonchev–Trinajstić information content (AvgIpc) is 2.76. The van der Waals surface area contributed by atoms with Gasteiger partial charge in [-0.05, 0) is 68.2 Å². The van der Waals surface area contributed by atoms with Gasteiger partial charge in [-0.25, -0.2) is 4.79 Å². The molecule has 0 unspecified atom stereocenters. The number of ether oxygens (including phenoxy) is 1. The van der Waals surface area contributed by atoms with Crippen molar-refractivity contribution in [1.82, 2.24) is 20.1 Å². The Kier molecular flexibility index (Phi) is 8.08. The van der Waals surface area contributed by atoms with Crippen molar-refractivity contribution in [3.63, 3.8) is 0 Å². The molecule has 2 aromatic rings. The quantitative estimate of drug-likeness (QED) is 0.717. The number of hydrogen-bond acceptors (Lipinski definition) is 4. The van der Waals surface area contributed by atoms with Crippen LogP contribution in [0.2, 0.25) is 0 Å². The van der Waals surface area contributed by atoms with Crippen molar-refractivity contribution in [3.05, 3.63) is 59.9 Å². The van der Waals surface area contributed by atoms with Crippen LogP contribution in [-0.4, -0.2) is 53.6 Å². The second kappa shape index (κ2) is 11.0. The molecule has 0 atom stereocenters. The number of hydrogen-bond donors (Lipinski definition) is 1. The van der Waals surface area contributed by atoms with E-state index in [2.05, 4.69) is 36.1 Å². The molecule has 1 aliphatic heterocycles. The van der Waals surface area contributed by atoms with E-state index in [1.165, 1.54) is 0 Å². The molecule has 1 fully saturated rings. The third-order valence-electron chi connectivity index (χ3n) is 5.42. The molecule has 30 heavy (non-hydrogen) atoms. The summed E-state index contributed by atoms with van der Waals surface area (Å²) >= 11 is 0. The topological polar surface area (TPSA) is 57.7 Å². The number of aromatic nitrogens is 1. The predicted octanol–water partition coefficient (Wildman–Crippen LogP) is 3.92. The van der Waals surface area contributed by atoms with Gasteiger partial charge in [0.1, 0.15) is 5.75 Å². The van der Waals surface area contributed by atoms with Gasteiger partial charge in [0.25, 0.3) is 0 Å². The van der Waals surface area contributed by atoms with Crippen molar-refractivity contribution in [2.24, 2.45) is 5.92 Å². The van der Waals surface area contributed by atoms with Gasteiger partial charge in [-0.15, -0.1) is 0 Å². The minimum absolute atomic E-state index is 0.0199. The molecule has 0 aliphatic carbocycles. The lowest BCUT2D eigenvalue weighted by atomic mass is 10.0. The highest BCUT2D eigenvalue weighted by molar-refractivity contribution is 5.74. The van der Waals surface area contributed by atoms with Crippen LogP contribution < -0.4 is 10.1 Å². The number of carbonyl (C=O) groups excluding carboxylic acids is 1. The monoisotopic (exact) mass is 410 g/mol. The number of nitrogens with zero attached hydrogens (tertiary/aromatic N) is 3. The van der Waals surface area contributed by atoms with Gasteiger partial charge in [0.05, 0.1) is 6.61 Å². The summed E-state index contributed by atoms with van der Waals surface area (Å²) in [5.41, 5.74) is 2.11. The number of nitrogens with one attached hydrogen (secondary N) is 1. The minimum atomic E-state index is -0.0199. The lowest BCUT2D eigenvalue weighted by Crippen LogP contribution is -2.49. The largest absolute Gasteiger partial charge is 0.493 e. The third-order valence-corrected chi connectivity index (χ3v) is 5.42. The summed E-state index contributed by atoms with van der Waals surface area (Å²) in [4.78, 5) is 21.6. The Morgan fingerprint density at radius 1 is 1.20 bits per heavy atom. The van der Waals surface area contributed by atoms with Gasteiger partial charge in [0.2, 0.25) is 0 Å². The van der Waals surface area contributed by atoms with Crippen LogP contribution in [0.5, 0.6) is 5.75 Å². The van der Waals surface area contributed by atoms with Crippen LogP contribution >= 0.6 is 0 Å². The van der Waals surface area contributed by atoms with E-state index in [4.69, 9.17) is 4.74 Å². The fraction of sp³-hybridized carbons (Fsp3) is 0.500. The Morgan fingerprint density at radius 2 is 1.93 bits per heavy atom. The van der Waals surface area contributed by atoms with Crippen LogP contribution in [0.1, 0.15) is 37.8 Å². The summed E-state index contributed by atoms with van der Waals surface area (Å²) in [7, 11) is 2.14. The van der Waals surface area contributed by atoms with E-state index < -0.39 is 0 Å². The first kappa shape index (κ1) is 22.1. The van der Waals surface area contributed by atoms with Gasteiger partial charge in [0.15, 0.2) is 0 Å². The molecule has 1 aromatic carbocycles. The highest BCUT2D eigenvalue weighted by Crippen LogP contribution is 2.19. The summed E-state index contributed by atoms with van der Waals surface area (Å²) in [6, 6.07) is 12.1. The molecule has 2 amide bonds.